The normalized spacial score (nSPS) is 23.1. The molecule has 14 atom stereocenters. The highest BCUT2D eigenvalue weighted by Gasteiger charge is 2.54. The first-order valence-electron chi connectivity index (χ1n) is 34.3. The number of amides is 9. The van der Waals surface area contributed by atoms with E-state index in [2.05, 4.69) is 41.6 Å². The number of carbonyl (C=O) groups excluding carboxylic acids is 9. The molecule has 2 aromatic carbocycles. The maximum Gasteiger partial charge on any atom is 0.326 e. The standard InChI is InChI=1S/C66H97N19O15/c67-41(18-9-23-74-64(68)69)54(89)80-44(55(90)81-46(34-87)59(94)83-32-40-17-4-2-13-36(40)27-52(83)61(96)85-48-22-8-6-15-38(48)29-50(85)57(92)79-43(63(99)100)20-11-25-76-66(72)73)30-53(88)77-45(33-86)58(93)82-31-39-16-3-1-12-35(39)26-51(82)60(95)84-47-21-7-5-14-37(47)28-49(84)56(91)78-42(62(97)98)19-10-24-75-65(70)71/h1-4,12-13,16-17,37-38,41-52,86-87H,5-11,14-15,18-34,67H2,(H,77,88)(H,78,91)(H,79,92)(H,80,89)(H,81,90)(H,97,98)(H,99,100)(H4,68,69,74)(H4,70,71,75)(H4,72,73,76)/t37?,38?,41-,42+,43+,44-,45+,46+,47?,48?,49+,50+,51-,52-/m1/s1. The number of rotatable bonds is 31. The summed E-state index contributed by atoms with van der Waals surface area (Å²) in [6.07, 6.45) is 5.28. The molecule has 4 heterocycles. The molecule has 100 heavy (non-hydrogen) atoms. The fraction of sp³-hybridized carbons (Fsp3) is 0.606. The van der Waals surface area contributed by atoms with Crippen molar-refractivity contribution in [2.45, 2.75) is 208 Å². The molecule has 23 N–H and O–H groups in total. The molecular formula is C66H97N19O15. The van der Waals surface area contributed by atoms with Crippen LogP contribution in [0.5, 0.6) is 0 Å². The van der Waals surface area contributed by atoms with Crippen LogP contribution in [0.2, 0.25) is 0 Å². The van der Waals surface area contributed by atoms with Crippen LogP contribution in [0.3, 0.4) is 0 Å². The first kappa shape index (κ1) is 76.1. The molecule has 0 bridgehead atoms. The van der Waals surface area contributed by atoms with Crippen LogP contribution in [0, 0.1) is 11.8 Å². The van der Waals surface area contributed by atoms with Gasteiger partial charge in [-0.15, -0.1) is 0 Å². The van der Waals surface area contributed by atoms with Crippen LogP contribution in [-0.2, 0) is 78.7 Å². The zero-order valence-corrected chi connectivity index (χ0v) is 56.0. The number of fused-ring (bicyclic) bond motifs is 4. The van der Waals surface area contributed by atoms with Gasteiger partial charge >= 0.3 is 11.9 Å². The maximum absolute atomic E-state index is 15.5. The molecule has 546 valence electrons. The molecule has 0 aromatic heterocycles. The van der Waals surface area contributed by atoms with Crippen LogP contribution in [0.25, 0.3) is 0 Å². The van der Waals surface area contributed by atoms with E-state index in [4.69, 9.17) is 40.1 Å². The molecule has 9 amide bonds. The van der Waals surface area contributed by atoms with Crippen molar-refractivity contribution < 1.29 is 73.2 Å². The van der Waals surface area contributed by atoms with Crippen molar-refractivity contribution in [2.24, 2.45) is 66.9 Å². The number of carboxylic acid groups (broad SMARTS) is 2. The Labute approximate surface area is 578 Å². The Morgan fingerprint density at radius 3 is 1.25 bits per heavy atom. The van der Waals surface area contributed by atoms with Crippen LogP contribution in [0.15, 0.2) is 63.5 Å². The lowest BCUT2D eigenvalue weighted by molar-refractivity contribution is -0.154. The second-order valence-electron chi connectivity index (χ2n) is 26.7. The quantitative estimate of drug-likeness (QED) is 0.0193. The van der Waals surface area contributed by atoms with Gasteiger partial charge < -0.3 is 107 Å². The number of carboxylic acids is 2. The van der Waals surface area contributed by atoms with Crippen molar-refractivity contribution in [3.05, 3.63) is 70.8 Å². The fourth-order valence-corrected chi connectivity index (χ4v) is 15.0. The third kappa shape index (κ3) is 19.2. The number of likely N-dealkylation sites (tertiary alicyclic amines) is 2. The summed E-state index contributed by atoms with van der Waals surface area (Å²) < 4.78 is 0. The Hall–Kier alpha value is -9.70. The highest BCUT2D eigenvalue weighted by Crippen LogP contribution is 2.43. The van der Waals surface area contributed by atoms with E-state index in [1.54, 1.807) is 48.5 Å². The summed E-state index contributed by atoms with van der Waals surface area (Å²) >= 11 is 0. The van der Waals surface area contributed by atoms with Gasteiger partial charge in [0.15, 0.2) is 17.9 Å². The van der Waals surface area contributed by atoms with Gasteiger partial charge in [-0.25, -0.2) is 9.59 Å². The minimum Gasteiger partial charge on any atom is -0.480 e. The third-order valence-corrected chi connectivity index (χ3v) is 20.0. The van der Waals surface area contributed by atoms with Gasteiger partial charge in [0, 0.05) is 57.6 Å². The summed E-state index contributed by atoms with van der Waals surface area (Å²) in [7, 11) is 0. The summed E-state index contributed by atoms with van der Waals surface area (Å²) in [5.74, 6) is -11.4. The van der Waals surface area contributed by atoms with Gasteiger partial charge in [-0.2, -0.15) is 0 Å². The van der Waals surface area contributed by atoms with E-state index < -0.39 is 157 Å². The number of aliphatic carboxylic acids is 2. The Kier molecular flexibility index (Phi) is 26.9. The number of benzene rings is 2. The number of aliphatic imine (C=N–C) groups is 3. The second kappa shape index (κ2) is 35.4. The highest BCUT2D eigenvalue weighted by molar-refractivity contribution is 6.00. The lowest BCUT2D eigenvalue weighted by Gasteiger charge is -2.42. The average Bonchev–Trinajstić information content (AvgIpc) is 1.57. The first-order valence-corrected chi connectivity index (χ1v) is 34.3. The van der Waals surface area contributed by atoms with Crippen LogP contribution < -0.4 is 66.7 Å². The van der Waals surface area contributed by atoms with Crippen molar-refractivity contribution >= 4 is 83.0 Å². The Morgan fingerprint density at radius 1 is 0.470 bits per heavy atom. The van der Waals surface area contributed by atoms with Crippen molar-refractivity contribution in [1.29, 1.82) is 0 Å². The molecule has 4 unspecified atom stereocenters. The number of aliphatic hydroxyl groups is 2. The number of guanidine groups is 3. The Balaban J connectivity index is 1.04. The Morgan fingerprint density at radius 2 is 0.850 bits per heavy atom. The molecular weight excluding hydrogens is 1300 g/mol. The zero-order valence-electron chi connectivity index (χ0n) is 56.0. The lowest BCUT2D eigenvalue weighted by Crippen LogP contribution is -2.63. The molecule has 0 spiro atoms. The third-order valence-electron chi connectivity index (χ3n) is 20.0. The molecule has 2 saturated carbocycles. The van der Waals surface area contributed by atoms with Gasteiger partial charge in [0.1, 0.15) is 54.4 Å². The molecule has 6 aliphatic rings. The number of hydrogen-bond donors (Lipinski definition) is 16. The van der Waals surface area contributed by atoms with E-state index in [1.165, 1.54) is 19.6 Å². The van der Waals surface area contributed by atoms with E-state index in [1.807, 2.05) is 0 Å². The molecule has 8 rings (SSSR count). The van der Waals surface area contributed by atoms with Gasteiger partial charge in [-0.3, -0.25) is 58.1 Å². The van der Waals surface area contributed by atoms with Crippen molar-refractivity contribution in [2.75, 3.05) is 32.8 Å². The predicted octanol–water partition coefficient (Wildman–Crippen LogP) is -4.33. The average molecular weight is 1400 g/mol. The topological polar surface area (TPSA) is 561 Å². The molecule has 2 aliphatic carbocycles. The summed E-state index contributed by atoms with van der Waals surface area (Å²) in [5.41, 5.74) is 41.7. The van der Waals surface area contributed by atoms with Gasteiger partial charge in [-0.05, 0) is 111 Å². The predicted molar refractivity (Wildman–Crippen MR) is 362 cm³/mol. The van der Waals surface area contributed by atoms with Crippen molar-refractivity contribution in [3.8, 4) is 0 Å². The summed E-state index contributed by atoms with van der Waals surface area (Å²) in [4.78, 5) is 175. The van der Waals surface area contributed by atoms with Crippen LogP contribution in [0.1, 0.15) is 131 Å². The first-order chi connectivity index (χ1) is 47.8. The summed E-state index contributed by atoms with van der Waals surface area (Å²) in [6.45, 7) is -2.30. The fourth-order valence-electron chi connectivity index (χ4n) is 15.0. The lowest BCUT2D eigenvalue weighted by atomic mass is 9.84. The van der Waals surface area contributed by atoms with Gasteiger partial charge in [0.25, 0.3) is 0 Å². The monoisotopic (exact) mass is 1400 g/mol. The van der Waals surface area contributed by atoms with E-state index in [-0.39, 0.29) is 127 Å². The molecule has 4 fully saturated rings. The SMILES string of the molecule is NC(N)=NCCC[C@@H](N)C(=O)N[C@H](CC(=O)N[C@@H](CO)C(=O)N1Cc2ccccc2C[C@@H]1C(=O)N1C2CCCCC2C[C@H]1C(=O)N[C@@H](CCCN=C(N)N)C(=O)O)C(=O)N[C@@H](CO)C(=O)N1Cc2ccccc2C[C@@H]1C(=O)N1C2CCCCC2C[C@H]1C(=O)N[C@@H](CCCN=C(N)N)C(=O)O. The van der Waals surface area contributed by atoms with Crippen LogP contribution in [-0.4, -0.2) is 228 Å². The van der Waals surface area contributed by atoms with Gasteiger partial charge in [-0.1, -0.05) is 74.2 Å². The van der Waals surface area contributed by atoms with Gasteiger partial charge in [0.05, 0.1) is 25.7 Å². The molecule has 2 aromatic rings. The van der Waals surface area contributed by atoms with Crippen molar-refractivity contribution in [1.82, 2.24) is 46.2 Å². The zero-order chi connectivity index (χ0) is 72.5. The number of aliphatic hydroxyl groups excluding tert-OH is 2. The van der Waals surface area contributed by atoms with Crippen LogP contribution in [0.4, 0.5) is 0 Å². The molecule has 34 heteroatoms. The molecule has 4 aliphatic heterocycles. The van der Waals surface area contributed by atoms with E-state index in [0.29, 0.717) is 47.9 Å². The minimum absolute atomic E-state index is 0.0327. The number of nitrogens with zero attached hydrogens (tertiary/aromatic N) is 7. The van der Waals surface area contributed by atoms with Crippen molar-refractivity contribution in [3.63, 3.8) is 0 Å². The largest absolute Gasteiger partial charge is 0.480 e. The van der Waals surface area contributed by atoms with E-state index in [9.17, 15) is 54.0 Å². The molecule has 34 nitrogen and oxygen atoms in total. The van der Waals surface area contributed by atoms with E-state index in [0.717, 1.165) is 25.7 Å². The molecule has 0 radical (unpaired) electrons. The number of carbonyl (C=O) groups is 11. The molecule has 2 saturated heterocycles. The Bertz CT molecular complexity index is 3420. The number of nitrogens with one attached hydrogen (secondary N) is 5. The smallest absolute Gasteiger partial charge is 0.326 e. The summed E-state index contributed by atoms with van der Waals surface area (Å²) in [5, 5.41) is 55.1. The van der Waals surface area contributed by atoms with Gasteiger partial charge in [0.2, 0.25) is 53.2 Å². The van der Waals surface area contributed by atoms with E-state index >= 15 is 19.2 Å². The van der Waals surface area contributed by atoms with Crippen LogP contribution >= 0.6 is 0 Å². The second-order valence-corrected chi connectivity index (χ2v) is 26.7. The highest BCUT2D eigenvalue weighted by atomic mass is 16.4. The number of nitrogens with two attached hydrogens (primary N) is 7. The number of hydrogen-bond acceptors (Lipinski definition) is 17. The minimum atomic E-state index is -1.93. The maximum atomic E-state index is 15.5. The summed E-state index contributed by atoms with van der Waals surface area (Å²) in [6, 6.07) is -1.53.